The molecule has 1 nitrogen and oxygen atoms in total. The Hall–Kier alpha value is -0.0400. The van der Waals surface area contributed by atoms with Gasteiger partial charge in [-0.05, 0) is 38.9 Å². The maximum atomic E-state index is 2.40. The zero-order valence-corrected chi connectivity index (χ0v) is 5.85. The molecule has 0 radical (unpaired) electrons. The third-order valence-electron chi connectivity index (χ3n) is 2.01. The molecule has 0 amide bonds. The smallest absolute Gasteiger partial charge is 0.00192 e. The Labute approximate surface area is 51.7 Å². The van der Waals surface area contributed by atoms with Gasteiger partial charge in [0.05, 0.1) is 0 Å². The summed E-state index contributed by atoms with van der Waals surface area (Å²) in [6, 6.07) is 0. The lowest BCUT2D eigenvalue weighted by atomic mass is 10.00. The summed E-state index contributed by atoms with van der Waals surface area (Å²) in [5.74, 6) is 0.978. The lowest BCUT2D eigenvalue weighted by Crippen LogP contribution is -2.28. The first-order chi connectivity index (χ1) is 3.79. The average Bonchev–Trinajstić information content (AvgIpc) is 1.77. The van der Waals surface area contributed by atoms with Gasteiger partial charge >= 0.3 is 0 Å². The molecule has 1 rings (SSSR count). The van der Waals surface area contributed by atoms with E-state index in [1.165, 1.54) is 25.9 Å². The van der Waals surface area contributed by atoms with Gasteiger partial charge in [0.2, 0.25) is 0 Å². The molecular weight excluding hydrogens is 98.1 g/mol. The van der Waals surface area contributed by atoms with E-state index in [4.69, 9.17) is 0 Å². The van der Waals surface area contributed by atoms with Crippen molar-refractivity contribution in [1.82, 2.24) is 4.90 Å². The first kappa shape index (κ1) is 6.09. The van der Waals surface area contributed by atoms with Crippen molar-refractivity contribution in [3.05, 3.63) is 0 Å². The molecule has 0 saturated carbocycles. The Kier molecular flexibility index (Phi) is 1.90. The van der Waals surface area contributed by atoms with E-state index in [2.05, 4.69) is 18.9 Å². The lowest BCUT2D eigenvalue weighted by Gasteiger charge is -2.26. The minimum Gasteiger partial charge on any atom is -0.306 e. The van der Waals surface area contributed by atoms with Crippen molar-refractivity contribution in [2.45, 2.75) is 19.8 Å². The number of nitrogens with zero attached hydrogens (tertiary/aromatic N) is 1. The molecule has 0 aromatic rings. The molecule has 1 heterocycles. The number of hydrogen-bond acceptors (Lipinski definition) is 1. The number of hydrogen-bond donors (Lipinski definition) is 0. The maximum Gasteiger partial charge on any atom is -0.00192 e. The monoisotopic (exact) mass is 113 g/mol. The summed E-state index contributed by atoms with van der Waals surface area (Å²) in [4.78, 5) is 2.40. The van der Waals surface area contributed by atoms with Gasteiger partial charge in [-0.15, -0.1) is 0 Å². The molecule has 0 aliphatic carbocycles. The molecule has 48 valence electrons. The quantitative estimate of drug-likeness (QED) is 0.458. The van der Waals surface area contributed by atoms with Crippen LogP contribution < -0.4 is 0 Å². The minimum absolute atomic E-state index is 0.978. The van der Waals surface area contributed by atoms with Crippen molar-refractivity contribution in [3.8, 4) is 0 Å². The van der Waals surface area contributed by atoms with Crippen LogP contribution in [-0.2, 0) is 0 Å². The number of piperidine rings is 1. The first-order valence-corrected chi connectivity index (χ1v) is 3.47. The van der Waals surface area contributed by atoms with Gasteiger partial charge in [-0.3, -0.25) is 0 Å². The highest BCUT2D eigenvalue weighted by Gasteiger charge is 2.10. The van der Waals surface area contributed by atoms with Crippen molar-refractivity contribution in [2.75, 3.05) is 20.1 Å². The van der Waals surface area contributed by atoms with Crippen molar-refractivity contribution in [1.29, 1.82) is 0 Å². The molecule has 1 aliphatic heterocycles. The fourth-order valence-corrected chi connectivity index (χ4v) is 1.14. The molecule has 1 heteroatoms. The predicted molar refractivity (Wildman–Crippen MR) is 35.9 cm³/mol. The fourth-order valence-electron chi connectivity index (χ4n) is 1.14. The fraction of sp³-hybridized carbons (Fsp3) is 1.00. The predicted octanol–water partition coefficient (Wildman–Crippen LogP) is 1.35. The Balaban J connectivity index is 2.19. The van der Waals surface area contributed by atoms with Gasteiger partial charge in [0, 0.05) is 0 Å². The average molecular weight is 113 g/mol. The summed E-state index contributed by atoms with van der Waals surface area (Å²) < 4.78 is 0. The maximum absolute atomic E-state index is 2.40. The lowest BCUT2D eigenvalue weighted by molar-refractivity contribution is 0.230. The molecule has 1 saturated heterocycles. The number of likely N-dealkylation sites (tertiary alicyclic amines) is 1. The molecule has 0 bridgehead atoms. The molecule has 0 spiro atoms. The molecule has 0 aromatic carbocycles. The van der Waals surface area contributed by atoms with Gasteiger partial charge in [0.1, 0.15) is 0 Å². The van der Waals surface area contributed by atoms with Crippen LogP contribution in [0.25, 0.3) is 0 Å². The molecule has 0 N–H and O–H groups in total. The zero-order chi connectivity index (χ0) is 5.98. The van der Waals surface area contributed by atoms with Gasteiger partial charge in [-0.1, -0.05) is 6.92 Å². The van der Waals surface area contributed by atoms with Crippen molar-refractivity contribution >= 4 is 0 Å². The van der Waals surface area contributed by atoms with Crippen molar-refractivity contribution in [3.63, 3.8) is 0 Å². The van der Waals surface area contributed by atoms with E-state index >= 15 is 0 Å². The second-order valence-electron chi connectivity index (χ2n) is 2.99. The molecule has 0 unspecified atom stereocenters. The normalized spacial score (nSPS) is 26.2. The second-order valence-corrected chi connectivity index (χ2v) is 2.99. The van der Waals surface area contributed by atoms with E-state index in [9.17, 15) is 0 Å². The zero-order valence-electron chi connectivity index (χ0n) is 5.85. The van der Waals surface area contributed by atoms with E-state index in [0.29, 0.717) is 0 Å². The molecule has 0 aromatic heterocycles. The highest BCUT2D eigenvalue weighted by molar-refractivity contribution is 4.65. The summed E-state index contributed by atoms with van der Waals surface area (Å²) in [5.41, 5.74) is 0. The largest absolute Gasteiger partial charge is 0.306 e. The highest BCUT2D eigenvalue weighted by Crippen LogP contribution is 2.13. The van der Waals surface area contributed by atoms with Crippen LogP contribution >= 0.6 is 0 Å². The molecular formula is C7H15N. The van der Waals surface area contributed by atoms with E-state index in [-0.39, 0.29) is 0 Å². The minimum atomic E-state index is 0.978. The second kappa shape index (κ2) is 2.49. The number of rotatable bonds is 0. The van der Waals surface area contributed by atoms with E-state index in [0.717, 1.165) is 5.92 Å². The SMILES string of the molecule is CC1CCN(C)CC1. The van der Waals surface area contributed by atoms with E-state index in [1.54, 1.807) is 0 Å². The van der Waals surface area contributed by atoms with Gasteiger partial charge in [-0.25, -0.2) is 0 Å². The van der Waals surface area contributed by atoms with Crippen LogP contribution in [-0.4, -0.2) is 25.0 Å². The topological polar surface area (TPSA) is 3.24 Å². The van der Waals surface area contributed by atoms with Gasteiger partial charge < -0.3 is 4.90 Å². The molecule has 8 heavy (non-hydrogen) atoms. The Morgan fingerprint density at radius 2 is 1.75 bits per heavy atom. The highest BCUT2D eigenvalue weighted by atomic mass is 15.1. The summed E-state index contributed by atoms with van der Waals surface area (Å²) in [7, 11) is 2.20. The van der Waals surface area contributed by atoms with Crippen LogP contribution in [0.2, 0.25) is 0 Å². The van der Waals surface area contributed by atoms with Gasteiger partial charge in [0.25, 0.3) is 0 Å². The van der Waals surface area contributed by atoms with Gasteiger partial charge in [0.15, 0.2) is 0 Å². The van der Waals surface area contributed by atoms with Crippen molar-refractivity contribution < 1.29 is 0 Å². The summed E-state index contributed by atoms with van der Waals surface area (Å²) in [6.45, 7) is 4.95. The standard InChI is InChI=1S/C7H15N/c1-7-3-5-8(2)6-4-7/h7H,3-6H2,1-2H3. The first-order valence-electron chi connectivity index (χ1n) is 3.47. The van der Waals surface area contributed by atoms with Crippen LogP contribution in [0.3, 0.4) is 0 Å². The molecule has 1 aliphatic rings. The van der Waals surface area contributed by atoms with E-state index in [1.807, 2.05) is 0 Å². The van der Waals surface area contributed by atoms with Crippen molar-refractivity contribution in [2.24, 2.45) is 5.92 Å². The Morgan fingerprint density at radius 3 is 2.12 bits per heavy atom. The van der Waals surface area contributed by atoms with Crippen LogP contribution in [0.5, 0.6) is 0 Å². The van der Waals surface area contributed by atoms with Crippen LogP contribution in [0.15, 0.2) is 0 Å². The van der Waals surface area contributed by atoms with Crippen LogP contribution in [0.4, 0.5) is 0 Å². The summed E-state index contributed by atoms with van der Waals surface area (Å²) in [6.07, 6.45) is 2.80. The molecule has 0 atom stereocenters. The summed E-state index contributed by atoms with van der Waals surface area (Å²) >= 11 is 0. The third-order valence-corrected chi connectivity index (χ3v) is 2.01. The van der Waals surface area contributed by atoms with Crippen LogP contribution in [0.1, 0.15) is 19.8 Å². The summed E-state index contributed by atoms with van der Waals surface area (Å²) in [5, 5.41) is 0. The Bertz CT molecular complexity index is 52.8. The van der Waals surface area contributed by atoms with E-state index < -0.39 is 0 Å². The van der Waals surface area contributed by atoms with Gasteiger partial charge in [-0.2, -0.15) is 0 Å². The van der Waals surface area contributed by atoms with Crippen LogP contribution in [0, 0.1) is 5.92 Å². The Morgan fingerprint density at radius 1 is 1.25 bits per heavy atom. The molecule has 1 fully saturated rings. The third kappa shape index (κ3) is 1.48.